The normalized spacial score (nSPS) is 11.5. The summed E-state index contributed by atoms with van der Waals surface area (Å²) in [6.07, 6.45) is 0. The summed E-state index contributed by atoms with van der Waals surface area (Å²) in [5.74, 6) is 1.53. The van der Waals surface area contributed by atoms with Gasteiger partial charge in [-0.2, -0.15) is 5.26 Å². The second kappa shape index (κ2) is 10.3. The zero-order valence-electron chi connectivity index (χ0n) is 24.4. The first-order valence-electron chi connectivity index (χ1n) is 15.0. The molecule has 0 bridgehead atoms. The molecule has 6 aromatic carbocycles. The number of rotatable bonds is 4. The van der Waals surface area contributed by atoms with Crippen LogP contribution >= 0.6 is 0 Å². The van der Waals surface area contributed by atoms with Crippen LogP contribution in [0.3, 0.4) is 0 Å². The minimum absolute atomic E-state index is 0.437. The molecule has 3 aromatic heterocycles. The fraction of sp³-hybridized carbons (Fsp3) is 0. The molecular formula is C40H23N5O. The van der Waals surface area contributed by atoms with E-state index in [-0.39, 0.29) is 0 Å². The molecule has 0 aliphatic carbocycles. The van der Waals surface area contributed by atoms with Gasteiger partial charge in [0.05, 0.1) is 28.1 Å². The second-order valence-corrected chi connectivity index (χ2v) is 11.2. The minimum atomic E-state index is 0.437. The summed E-state index contributed by atoms with van der Waals surface area (Å²) in [7, 11) is 0. The Balaban J connectivity index is 1.31. The lowest BCUT2D eigenvalue weighted by Crippen LogP contribution is -2.02. The SMILES string of the molecule is N#Cc1ccc(-n2c3ccccc3c3c4oc5ccccc5c4ccc32)cc1-c1nc(-c2ccccc2)nc(-c2ccccc2)n1. The Morgan fingerprint density at radius 2 is 1.17 bits per heavy atom. The number of aromatic nitrogens is 4. The first kappa shape index (κ1) is 25.9. The smallest absolute Gasteiger partial charge is 0.165 e. The van der Waals surface area contributed by atoms with E-state index in [9.17, 15) is 5.26 Å². The molecule has 3 heterocycles. The third-order valence-electron chi connectivity index (χ3n) is 8.50. The maximum absolute atomic E-state index is 10.3. The van der Waals surface area contributed by atoms with Crippen LogP contribution in [0.1, 0.15) is 5.56 Å². The fourth-order valence-electron chi connectivity index (χ4n) is 6.40. The molecule has 0 saturated heterocycles. The van der Waals surface area contributed by atoms with Crippen LogP contribution < -0.4 is 0 Å². The molecule has 0 saturated carbocycles. The van der Waals surface area contributed by atoms with Crippen LogP contribution in [0.25, 0.3) is 83.6 Å². The lowest BCUT2D eigenvalue weighted by atomic mass is 10.1. The van der Waals surface area contributed by atoms with Crippen molar-refractivity contribution < 1.29 is 4.42 Å². The average molecular weight is 590 g/mol. The van der Waals surface area contributed by atoms with Crippen molar-refractivity contribution >= 4 is 43.7 Å². The Labute approximate surface area is 263 Å². The average Bonchev–Trinajstić information content (AvgIpc) is 3.68. The number of nitriles is 1. The van der Waals surface area contributed by atoms with Gasteiger partial charge in [0.15, 0.2) is 17.5 Å². The predicted molar refractivity (Wildman–Crippen MR) is 182 cm³/mol. The van der Waals surface area contributed by atoms with Crippen LogP contribution in [0.5, 0.6) is 0 Å². The van der Waals surface area contributed by atoms with Crippen LogP contribution in [0.2, 0.25) is 0 Å². The van der Waals surface area contributed by atoms with Crippen LogP contribution in [0.15, 0.2) is 144 Å². The molecular weight excluding hydrogens is 566 g/mol. The molecule has 0 fully saturated rings. The van der Waals surface area contributed by atoms with Gasteiger partial charge in [0.1, 0.15) is 11.2 Å². The Morgan fingerprint density at radius 3 is 1.89 bits per heavy atom. The van der Waals surface area contributed by atoms with Crippen molar-refractivity contribution in [3.05, 3.63) is 145 Å². The van der Waals surface area contributed by atoms with Gasteiger partial charge >= 0.3 is 0 Å². The summed E-state index contributed by atoms with van der Waals surface area (Å²) in [5, 5.41) is 14.6. The molecule has 0 spiro atoms. The predicted octanol–water partition coefficient (Wildman–Crippen LogP) is 9.74. The minimum Gasteiger partial charge on any atom is -0.455 e. The summed E-state index contributed by atoms with van der Waals surface area (Å²) in [6.45, 7) is 0. The summed E-state index contributed by atoms with van der Waals surface area (Å²) in [4.78, 5) is 14.7. The van der Waals surface area contributed by atoms with Crippen LogP contribution in [-0.4, -0.2) is 19.5 Å². The largest absolute Gasteiger partial charge is 0.455 e. The lowest BCUT2D eigenvalue weighted by Gasteiger charge is -2.12. The van der Waals surface area contributed by atoms with E-state index in [1.807, 2.05) is 103 Å². The van der Waals surface area contributed by atoms with Gasteiger partial charge in [0.25, 0.3) is 0 Å². The van der Waals surface area contributed by atoms with E-state index in [1.54, 1.807) is 0 Å². The van der Waals surface area contributed by atoms with Crippen molar-refractivity contribution in [2.45, 2.75) is 0 Å². The summed E-state index contributed by atoms with van der Waals surface area (Å²) in [6, 6.07) is 48.7. The maximum atomic E-state index is 10.3. The molecule has 0 radical (unpaired) electrons. The van der Waals surface area contributed by atoms with Gasteiger partial charge in [-0.15, -0.1) is 0 Å². The molecule has 0 atom stereocenters. The van der Waals surface area contributed by atoms with E-state index in [1.165, 1.54) is 0 Å². The van der Waals surface area contributed by atoms with Gasteiger partial charge in [-0.05, 0) is 42.5 Å². The van der Waals surface area contributed by atoms with Gasteiger partial charge in [-0.1, -0.05) is 97.1 Å². The Kier molecular flexibility index (Phi) is 5.77. The first-order chi connectivity index (χ1) is 22.8. The third kappa shape index (κ3) is 4.00. The maximum Gasteiger partial charge on any atom is 0.165 e. The van der Waals surface area contributed by atoms with Crippen molar-refractivity contribution in [1.29, 1.82) is 5.26 Å². The molecule has 46 heavy (non-hydrogen) atoms. The standard InChI is InChI=1S/C40H23N5O/c41-24-27-19-20-28(23-32(27)40-43-38(25-11-3-1-4-12-25)42-39(44-40)26-13-5-2-6-14-26)45-33-17-9-7-16-31(33)36-34(45)22-21-30-29-15-8-10-18-35(29)46-37(30)36/h1-23H. The molecule has 0 unspecified atom stereocenters. The van der Waals surface area contributed by atoms with Gasteiger partial charge in [-0.3, -0.25) is 0 Å². The monoisotopic (exact) mass is 589 g/mol. The van der Waals surface area contributed by atoms with E-state index < -0.39 is 0 Å². The van der Waals surface area contributed by atoms with E-state index in [0.717, 1.165) is 60.6 Å². The molecule has 0 N–H and O–H groups in total. The highest BCUT2D eigenvalue weighted by Crippen LogP contribution is 2.41. The van der Waals surface area contributed by atoms with Crippen LogP contribution in [-0.2, 0) is 0 Å². The van der Waals surface area contributed by atoms with Crippen molar-refractivity contribution in [3.63, 3.8) is 0 Å². The van der Waals surface area contributed by atoms with E-state index >= 15 is 0 Å². The highest BCUT2D eigenvalue weighted by molar-refractivity contribution is 6.23. The molecule has 9 rings (SSSR count). The number of para-hydroxylation sites is 2. The van der Waals surface area contributed by atoms with E-state index in [0.29, 0.717) is 28.6 Å². The molecule has 0 aliphatic heterocycles. The van der Waals surface area contributed by atoms with Crippen molar-refractivity contribution in [3.8, 4) is 45.9 Å². The summed E-state index contributed by atoms with van der Waals surface area (Å²) < 4.78 is 8.70. The van der Waals surface area contributed by atoms with Gasteiger partial charge in [0, 0.05) is 38.5 Å². The summed E-state index contributed by atoms with van der Waals surface area (Å²) >= 11 is 0. The number of furan rings is 1. The highest BCUT2D eigenvalue weighted by atomic mass is 16.3. The highest BCUT2D eigenvalue weighted by Gasteiger charge is 2.20. The number of benzene rings is 6. The zero-order chi connectivity index (χ0) is 30.6. The molecule has 0 amide bonds. The van der Waals surface area contributed by atoms with Gasteiger partial charge < -0.3 is 8.98 Å². The molecule has 6 heteroatoms. The van der Waals surface area contributed by atoms with Crippen LogP contribution in [0.4, 0.5) is 0 Å². The van der Waals surface area contributed by atoms with E-state index in [4.69, 9.17) is 19.4 Å². The van der Waals surface area contributed by atoms with Crippen molar-refractivity contribution in [1.82, 2.24) is 19.5 Å². The second-order valence-electron chi connectivity index (χ2n) is 11.2. The van der Waals surface area contributed by atoms with Gasteiger partial charge in [-0.25, -0.2) is 15.0 Å². The van der Waals surface area contributed by atoms with Gasteiger partial charge in [0.2, 0.25) is 0 Å². The molecule has 0 aliphatic rings. The Morgan fingerprint density at radius 1 is 0.543 bits per heavy atom. The van der Waals surface area contributed by atoms with Crippen molar-refractivity contribution in [2.75, 3.05) is 0 Å². The van der Waals surface area contributed by atoms with E-state index in [2.05, 4.69) is 47.0 Å². The first-order valence-corrected chi connectivity index (χ1v) is 15.0. The fourth-order valence-corrected chi connectivity index (χ4v) is 6.40. The third-order valence-corrected chi connectivity index (χ3v) is 8.50. The molecule has 6 nitrogen and oxygen atoms in total. The number of hydrogen-bond donors (Lipinski definition) is 0. The number of hydrogen-bond acceptors (Lipinski definition) is 5. The number of fused-ring (bicyclic) bond motifs is 7. The lowest BCUT2D eigenvalue weighted by molar-refractivity contribution is 0.673. The molecule has 214 valence electrons. The zero-order valence-corrected chi connectivity index (χ0v) is 24.4. The Hall–Kier alpha value is -6.58. The molecule has 9 aromatic rings. The van der Waals surface area contributed by atoms with Crippen LogP contribution in [0, 0.1) is 11.3 Å². The number of nitrogens with zero attached hydrogens (tertiary/aromatic N) is 5. The topological polar surface area (TPSA) is 80.5 Å². The van der Waals surface area contributed by atoms with Crippen molar-refractivity contribution in [2.24, 2.45) is 0 Å². The summed E-state index contributed by atoms with van der Waals surface area (Å²) in [5.41, 5.74) is 7.51. The Bertz CT molecular complexity index is 2590. The quantitative estimate of drug-likeness (QED) is 0.204.